The molecule has 0 saturated carbocycles. The van der Waals surface area contributed by atoms with E-state index in [1.165, 1.54) is 0 Å². The molecule has 0 saturated heterocycles. The Morgan fingerprint density at radius 2 is 1.89 bits per heavy atom. The lowest BCUT2D eigenvalue weighted by Gasteiger charge is -2.18. The molecule has 0 spiro atoms. The average molecular weight is 296 g/mol. The number of alkyl halides is 1. The van der Waals surface area contributed by atoms with Crippen LogP contribution < -0.4 is 4.90 Å². The average Bonchev–Trinajstić information content (AvgIpc) is 2.41. The van der Waals surface area contributed by atoms with Crippen molar-refractivity contribution in [3.63, 3.8) is 0 Å². The monoisotopic (exact) mass is 295 g/mol. The lowest BCUT2D eigenvalue weighted by Crippen LogP contribution is -2.19. The summed E-state index contributed by atoms with van der Waals surface area (Å²) in [6.07, 6.45) is 1.78. The molecular weight excluding hydrogens is 281 g/mol. The van der Waals surface area contributed by atoms with Crippen molar-refractivity contribution in [2.24, 2.45) is 0 Å². The van der Waals surface area contributed by atoms with Crippen LogP contribution in [0.2, 0.25) is 5.02 Å². The number of anilines is 1. The highest BCUT2D eigenvalue weighted by Crippen LogP contribution is 2.15. The molecule has 0 bridgehead atoms. The van der Waals surface area contributed by atoms with Crippen LogP contribution in [0.5, 0.6) is 0 Å². The van der Waals surface area contributed by atoms with E-state index in [1.807, 2.05) is 43.1 Å². The minimum atomic E-state index is 0.438. The van der Waals surface area contributed by atoms with Gasteiger partial charge in [0.2, 0.25) is 5.95 Å². The first-order valence-electron chi connectivity index (χ1n) is 5.94. The molecule has 100 valence electrons. The Morgan fingerprint density at radius 1 is 1.21 bits per heavy atom. The van der Waals surface area contributed by atoms with Gasteiger partial charge in [-0.1, -0.05) is 23.7 Å². The van der Waals surface area contributed by atoms with Crippen molar-refractivity contribution in [2.75, 3.05) is 11.9 Å². The van der Waals surface area contributed by atoms with Crippen molar-refractivity contribution in [1.29, 1.82) is 0 Å². The maximum Gasteiger partial charge on any atom is 0.225 e. The first kappa shape index (κ1) is 14.1. The minimum Gasteiger partial charge on any atom is -0.340 e. The van der Waals surface area contributed by atoms with Crippen molar-refractivity contribution in [1.82, 2.24) is 9.97 Å². The maximum absolute atomic E-state index is 5.87. The number of benzene rings is 1. The van der Waals surface area contributed by atoms with Crippen LogP contribution in [0.4, 0.5) is 5.95 Å². The standard InChI is InChI=1S/C14H15Cl2N3/c1-10-12(7-15)8-17-14(18-10)19(2)9-11-3-5-13(16)6-4-11/h3-6,8H,7,9H2,1-2H3. The normalized spacial score (nSPS) is 10.5. The molecule has 2 aromatic rings. The van der Waals surface area contributed by atoms with Gasteiger partial charge >= 0.3 is 0 Å². The molecule has 2 rings (SSSR count). The third-order valence-electron chi connectivity index (χ3n) is 2.89. The van der Waals surface area contributed by atoms with Crippen LogP contribution >= 0.6 is 23.2 Å². The highest BCUT2D eigenvalue weighted by atomic mass is 35.5. The molecule has 0 amide bonds. The second-order valence-corrected chi connectivity index (χ2v) is 5.10. The van der Waals surface area contributed by atoms with Crippen molar-refractivity contribution >= 4 is 29.2 Å². The van der Waals surface area contributed by atoms with Crippen molar-refractivity contribution < 1.29 is 0 Å². The van der Waals surface area contributed by atoms with Crippen LogP contribution in [0.3, 0.4) is 0 Å². The molecule has 19 heavy (non-hydrogen) atoms. The first-order chi connectivity index (χ1) is 9.10. The van der Waals surface area contributed by atoms with E-state index in [4.69, 9.17) is 23.2 Å². The van der Waals surface area contributed by atoms with Gasteiger partial charge in [-0.2, -0.15) is 0 Å². The molecule has 0 N–H and O–H groups in total. The van der Waals surface area contributed by atoms with E-state index < -0.39 is 0 Å². The number of hydrogen-bond donors (Lipinski definition) is 0. The van der Waals surface area contributed by atoms with E-state index in [0.717, 1.165) is 28.4 Å². The third kappa shape index (κ3) is 3.58. The summed E-state index contributed by atoms with van der Waals surface area (Å²) in [6.45, 7) is 2.68. The lowest BCUT2D eigenvalue weighted by molar-refractivity contribution is 0.854. The smallest absolute Gasteiger partial charge is 0.225 e. The molecule has 5 heteroatoms. The summed E-state index contributed by atoms with van der Waals surface area (Å²) >= 11 is 11.7. The number of aromatic nitrogens is 2. The van der Waals surface area contributed by atoms with Crippen molar-refractivity contribution in [3.05, 3.63) is 52.3 Å². The van der Waals surface area contributed by atoms with Gasteiger partial charge in [0.1, 0.15) is 0 Å². The first-order valence-corrected chi connectivity index (χ1v) is 6.85. The molecule has 0 aliphatic rings. The molecule has 1 aromatic carbocycles. The zero-order chi connectivity index (χ0) is 13.8. The minimum absolute atomic E-state index is 0.438. The molecule has 3 nitrogen and oxygen atoms in total. The predicted octanol–water partition coefficient (Wildman–Crippen LogP) is 3.81. The van der Waals surface area contributed by atoms with E-state index in [9.17, 15) is 0 Å². The van der Waals surface area contributed by atoms with Crippen LogP contribution in [0.1, 0.15) is 16.8 Å². The van der Waals surface area contributed by atoms with Gasteiger partial charge in [0, 0.05) is 36.1 Å². The van der Waals surface area contributed by atoms with Crippen LogP contribution in [0.15, 0.2) is 30.5 Å². The summed E-state index contributed by atoms with van der Waals surface area (Å²) in [5, 5.41) is 0.741. The zero-order valence-corrected chi connectivity index (χ0v) is 12.4. The lowest BCUT2D eigenvalue weighted by atomic mass is 10.2. The van der Waals surface area contributed by atoms with Crippen LogP contribution in [0, 0.1) is 6.92 Å². The highest BCUT2D eigenvalue weighted by Gasteiger charge is 2.07. The van der Waals surface area contributed by atoms with Gasteiger partial charge < -0.3 is 4.90 Å². The Kier molecular flexibility index (Phi) is 4.61. The zero-order valence-electron chi connectivity index (χ0n) is 10.9. The SMILES string of the molecule is Cc1nc(N(C)Cc2ccc(Cl)cc2)ncc1CCl. The molecule has 1 aromatic heterocycles. The summed E-state index contributed by atoms with van der Waals surface area (Å²) in [5.41, 5.74) is 3.04. The summed E-state index contributed by atoms with van der Waals surface area (Å²) in [4.78, 5) is 10.8. The van der Waals surface area contributed by atoms with E-state index in [2.05, 4.69) is 9.97 Å². The van der Waals surface area contributed by atoms with Crippen molar-refractivity contribution in [3.8, 4) is 0 Å². The fourth-order valence-electron chi connectivity index (χ4n) is 1.73. The Bertz CT molecular complexity index is 555. The van der Waals surface area contributed by atoms with Gasteiger partial charge in [0.15, 0.2) is 0 Å². The number of aryl methyl sites for hydroxylation is 1. The van der Waals surface area contributed by atoms with Gasteiger partial charge in [0.05, 0.1) is 5.88 Å². The molecule has 0 unspecified atom stereocenters. The molecule has 0 atom stereocenters. The summed E-state index contributed by atoms with van der Waals surface area (Å²) in [6, 6.07) is 7.76. The van der Waals surface area contributed by atoms with Gasteiger partial charge in [-0.15, -0.1) is 11.6 Å². The maximum atomic E-state index is 5.87. The highest BCUT2D eigenvalue weighted by molar-refractivity contribution is 6.30. The second-order valence-electron chi connectivity index (χ2n) is 4.40. The summed E-state index contributed by atoms with van der Waals surface area (Å²) in [5.74, 6) is 1.13. The topological polar surface area (TPSA) is 29.0 Å². The molecular formula is C14H15Cl2N3. The summed E-state index contributed by atoms with van der Waals surface area (Å²) in [7, 11) is 1.96. The largest absolute Gasteiger partial charge is 0.340 e. The fourth-order valence-corrected chi connectivity index (χ4v) is 2.12. The summed E-state index contributed by atoms with van der Waals surface area (Å²) < 4.78 is 0. The van der Waals surface area contributed by atoms with E-state index in [1.54, 1.807) is 6.20 Å². The fraction of sp³-hybridized carbons (Fsp3) is 0.286. The van der Waals surface area contributed by atoms with Crippen LogP contribution in [-0.4, -0.2) is 17.0 Å². The van der Waals surface area contributed by atoms with Gasteiger partial charge in [-0.25, -0.2) is 9.97 Å². The Hall–Kier alpha value is -1.32. The second kappa shape index (κ2) is 6.22. The van der Waals surface area contributed by atoms with Gasteiger partial charge in [0.25, 0.3) is 0 Å². The quantitative estimate of drug-likeness (QED) is 0.803. The molecule has 0 fully saturated rings. The molecule has 1 heterocycles. The third-order valence-corrected chi connectivity index (χ3v) is 3.43. The number of nitrogens with zero attached hydrogens (tertiary/aromatic N) is 3. The number of hydrogen-bond acceptors (Lipinski definition) is 3. The Morgan fingerprint density at radius 3 is 2.47 bits per heavy atom. The molecule has 0 aliphatic heterocycles. The Labute approximate surface area is 123 Å². The number of halogens is 2. The van der Waals surface area contributed by atoms with Crippen LogP contribution in [-0.2, 0) is 12.4 Å². The van der Waals surface area contributed by atoms with E-state index >= 15 is 0 Å². The van der Waals surface area contributed by atoms with E-state index in [-0.39, 0.29) is 0 Å². The number of rotatable bonds is 4. The van der Waals surface area contributed by atoms with E-state index in [0.29, 0.717) is 11.8 Å². The van der Waals surface area contributed by atoms with Crippen LogP contribution in [0.25, 0.3) is 0 Å². The van der Waals surface area contributed by atoms with Crippen molar-refractivity contribution in [2.45, 2.75) is 19.3 Å². The molecule has 0 aliphatic carbocycles. The van der Waals surface area contributed by atoms with Gasteiger partial charge in [-0.05, 0) is 24.6 Å². The molecule has 0 radical (unpaired) electrons. The van der Waals surface area contributed by atoms with Gasteiger partial charge in [-0.3, -0.25) is 0 Å². The predicted molar refractivity (Wildman–Crippen MR) is 79.9 cm³/mol. The Balaban J connectivity index is 2.13.